The Labute approximate surface area is 237 Å². The molecule has 4 atom stereocenters. The van der Waals surface area contributed by atoms with Crippen LogP contribution >= 0.6 is 0 Å². The van der Waals surface area contributed by atoms with Gasteiger partial charge in [-0.15, -0.1) is 0 Å². The third kappa shape index (κ3) is 7.91. The van der Waals surface area contributed by atoms with E-state index in [1.54, 1.807) is 24.3 Å². The fourth-order valence-corrected chi connectivity index (χ4v) is 4.86. The van der Waals surface area contributed by atoms with Gasteiger partial charge in [0.15, 0.2) is 5.44 Å². The van der Waals surface area contributed by atoms with E-state index in [1.807, 2.05) is 13.8 Å². The van der Waals surface area contributed by atoms with Gasteiger partial charge < -0.3 is 35.3 Å². The van der Waals surface area contributed by atoms with Gasteiger partial charge >= 0.3 is 29.6 Å². The summed E-state index contributed by atoms with van der Waals surface area (Å²) in [6.45, 7) is 4.03. The number of fused-ring (bicyclic) bond motifs is 1. The van der Waals surface area contributed by atoms with E-state index in [0.29, 0.717) is 29.6 Å². The van der Waals surface area contributed by atoms with Gasteiger partial charge in [-0.05, 0) is 43.4 Å². The molecule has 0 bridgehead atoms. The van der Waals surface area contributed by atoms with Crippen molar-refractivity contribution in [2.45, 2.75) is 50.6 Å². The molecule has 198 valence electrons. The number of H-pyrrole nitrogens is 1. The predicted octanol–water partition coefficient (Wildman–Crippen LogP) is -2.80. The Morgan fingerprint density at radius 1 is 1.27 bits per heavy atom. The average molecular weight is 547 g/mol. The zero-order valence-corrected chi connectivity index (χ0v) is 24.1. The Hall–Kier alpha value is -2.16. The first kappa shape index (κ1) is 31.1. The maximum absolute atomic E-state index is 13.2. The number of benzene rings is 1. The Morgan fingerprint density at radius 3 is 2.54 bits per heavy atom. The van der Waals surface area contributed by atoms with Crippen molar-refractivity contribution in [3.63, 3.8) is 0 Å². The number of hydrogen-bond acceptors (Lipinski definition) is 8. The van der Waals surface area contributed by atoms with E-state index in [2.05, 4.69) is 20.9 Å². The number of rotatable bonds is 11. The molecule has 12 nitrogen and oxygen atoms in total. The molecule has 3 amide bonds. The van der Waals surface area contributed by atoms with Crippen molar-refractivity contribution in [1.29, 1.82) is 0 Å². The minimum atomic E-state index is -5.19. The first-order valence-electron chi connectivity index (χ1n) is 11.6. The number of hydrogen-bond donors (Lipinski definition) is 5. The summed E-state index contributed by atoms with van der Waals surface area (Å²) in [5, 5.41) is 18.4. The Kier molecular flexibility index (Phi) is 11.0. The molecule has 1 aromatic carbocycles. The number of aromatic nitrogens is 1. The summed E-state index contributed by atoms with van der Waals surface area (Å²) in [7, 11) is -3.68. The molecule has 1 fully saturated rings. The second kappa shape index (κ2) is 13.1. The topological polar surface area (TPSA) is 190 Å². The van der Waals surface area contributed by atoms with Gasteiger partial charge in [-0.1, -0.05) is 19.9 Å². The van der Waals surface area contributed by atoms with Gasteiger partial charge in [0.25, 0.3) is 5.91 Å². The van der Waals surface area contributed by atoms with Crippen molar-refractivity contribution < 1.29 is 66.8 Å². The standard InChI is InChI=1S/C23H32N4O8S.Na/c1-12(2)9-16(26-22(30)17-11-14-15(25-17)5-4-6-19(14)35-3)21(29)27-18(23(31)36(32,33)34)10-13-7-8-24-20(13)28;/h4-6,11-13,16,18,23,25,31H,7-10H2,1-3H3,(H,24,28)(H,26,30)(H,27,29)(H,32,33,34);/q;+1/p-1/t13?,16-,18-,23?;/m0./s1. The van der Waals surface area contributed by atoms with Crippen LogP contribution in [-0.4, -0.2) is 72.0 Å². The van der Waals surface area contributed by atoms with Crippen molar-refractivity contribution in [2.24, 2.45) is 11.8 Å². The number of carbonyl (C=O) groups excluding carboxylic acids is 3. The summed E-state index contributed by atoms with van der Waals surface area (Å²) in [4.78, 5) is 41.1. The summed E-state index contributed by atoms with van der Waals surface area (Å²) in [5.41, 5.74) is -1.62. The van der Waals surface area contributed by atoms with E-state index in [4.69, 9.17) is 4.74 Å². The molecule has 2 unspecified atom stereocenters. The third-order valence-electron chi connectivity index (χ3n) is 6.09. The third-order valence-corrected chi connectivity index (χ3v) is 7.01. The monoisotopic (exact) mass is 546 g/mol. The van der Waals surface area contributed by atoms with Crippen LogP contribution in [-0.2, 0) is 19.7 Å². The van der Waals surface area contributed by atoms with Crippen LogP contribution in [0.25, 0.3) is 10.9 Å². The van der Waals surface area contributed by atoms with Crippen LogP contribution in [0.3, 0.4) is 0 Å². The van der Waals surface area contributed by atoms with Gasteiger partial charge in [-0.2, -0.15) is 0 Å². The van der Waals surface area contributed by atoms with Crippen LogP contribution in [0.5, 0.6) is 5.75 Å². The molecule has 1 saturated heterocycles. The van der Waals surface area contributed by atoms with Gasteiger partial charge in [-0.3, -0.25) is 14.4 Å². The summed E-state index contributed by atoms with van der Waals surface area (Å²) < 4.78 is 39.9. The van der Waals surface area contributed by atoms with Crippen molar-refractivity contribution in [1.82, 2.24) is 20.9 Å². The molecular formula is C23H31N4NaO8S. The maximum atomic E-state index is 13.2. The summed E-state index contributed by atoms with van der Waals surface area (Å²) in [6, 6.07) is 4.22. The summed E-state index contributed by atoms with van der Waals surface area (Å²) >= 11 is 0. The molecule has 2 aromatic rings. The Balaban J connectivity index is 0.00000481. The van der Waals surface area contributed by atoms with Gasteiger partial charge in [0, 0.05) is 23.4 Å². The van der Waals surface area contributed by atoms with Crippen LogP contribution in [0.2, 0.25) is 0 Å². The predicted molar refractivity (Wildman–Crippen MR) is 129 cm³/mol. The molecule has 0 aliphatic carbocycles. The van der Waals surface area contributed by atoms with E-state index in [9.17, 15) is 32.5 Å². The van der Waals surface area contributed by atoms with Crippen molar-refractivity contribution in [3.8, 4) is 5.75 Å². The second-order valence-corrected chi connectivity index (χ2v) is 10.7. The molecule has 2 heterocycles. The number of carbonyl (C=O) groups is 3. The van der Waals surface area contributed by atoms with E-state index < -0.39 is 45.4 Å². The Bertz CT molecular complexity index is 1230. The van der Waals surface area contributed by atoms with Crippen molar-refractivity contribution >= 4 is 38.7 Å². The van der Waals surface area contributed by atoms with Crippen LogP contribution in [0.1, 0.15) is 43.6 Å². The second-order valence-electron chi connectivity index (χ2n) is 9.27. The molecule has 0 saturated carbocycles. The van der Waals surface area contributed by atoms with Crippen molar-refractivity contribution in [3.05, 3.63) is 30.0 Å². The van der Waals surface area contributed by atoms with E-state index in [-0.39, 0.29) is 59.9 Å². The molecule has 3 rings (SSSR count). The Morgan fingerprint density at radius 2 is 1.97 bits per heavy atom. The van der Waals surface area contributed by atoms with Gasteiger partial charge in [0.2, 0.25) is 11.8 Å². The molecule has 37 heavy (non-hydrogen) atoms. The minimum Gasteiger partial charge on any atom is -0.746 e. The number of aliphatic hydroxyl groups excluding tert-OH is 1. The molecule has 0 spiro atoms. The molecule has 5 N–H and O–H groups in total. The normalized spacial score (nSPS) is 18.0. The van der Waals surface area contributed by atoms with Gasteiger partial charge in [-0.25, -0.2) is 8.42 Å². The molecule has 1 aliphatic rings. The van der Waals surface area contributed by atoms with Crippen LogP contribution < -0.4 is 50.2 Å². The molecule has 0 radical (unpaired) electrons. The van der Waals surface area contributed by atoms with Gasteiger partial charge in [0.05, 0.1) is 13.2 Å². The molecule has 14 heteroatoms. The number of methoxy groups -OCH3 is 1. The number of aliphatic hydroxyl groups is 1. The molecular weight excluding hydrogens is 515 g/mol. The fraction of sp³-hybridized carbons (Fsp3) is 0.522. The number of nitrogens with one attached hydrogen (secondary N) is 4. The summed E-state index contributed by atoms with van der Waals surface area (Å²) in [5.74, 6) is -1.88. The average Bonchev–Trinajstić information content (AvgIpc) is 3.42. The van der Waals surface area contributed by atoms with E-state index in [0.717, 1.165) is 0 Å². The van der Waals surface area contributed by atoms with Crippen LogP contribution in [0.15, 0.2) is 24.3 Å². The van der Waals surface area contributed by atoms with Crippen LogP contribution in [0.4, 0.5) is 0 Å². The van der Waals surface area contributed by atoms with Crippen LogP contribution in [0, 0.1) is 11.8 Å². The largest absolute Gasteiger partial charge is 1.00 e. The zero-order chi connectivity index (χ0) is 26.6. The SMILES string of the molecule is COc1cccc2[nH]c(C(=O)N[C@@H](CC(C)C)C(=O)N[C@@H](CC3CCNC3=O)C(O)S(=O)(=O)[O-])cc12.[Na+]. The zero-order valence-electron chi connectivity index (χ0n) is 21.2. The molecule has 1 aromatic heterocycles. The quantitative estimate of drug-likeness (QED) is 0.147. The molecule has 1 aliphatic heterocycles. The van der Waals surface area contributed by atoms with Crippen molar-refractivity contribution in [2.75, 3.05) is 13.7 Å². The number of aromatic amines is 1. The smallest absolute Gasteiger partial charge is 0.746 e. The van der Waals surface area contributed by atoms with Gasteiger partial charge in [0.1, 0.15) is 27.6 Å². The summed E-state index contributed by atoms with van der Waals surface area (Å²) in [6.07, 6.45) is 0.315. The maximum Gasteiger partial charge on any atom is 1.00 e. The van der Waals surface area contributed by atoms with E-state index >= 15 is 0 Å². The first-order valence-corrected chi connectivity index (χ1v) is 13.0. The number of amides is 3. The number of ether oxygens (including phenoxy) is 1. The fourth-order valence-electron chi connectivity index (χ4n) is 4.27. The minimum absolute atomic E-state index is 0. The van der Waals surface area contributed by atoms with E-state index in [1.165, 1.54) is 7.11 Å². The first-order chi connectivity index (χ1) is 16.9.